The molecule has 0 radical (unpaired) electrons. The molecule has 1 saturated heterocycles. The van der Waals surface area contributed by atoms with Crippen molar-refractivity contribution in [3.05, 3.63) is 28.8 Å². The lowest BCUT2D eigenvalue weighted by atomic mass is 10.1. The highest BCUT2D eigenvalue weighted by molar-refractivity contribution is 7.89. The van der Waals surface area contributed by atoms with Gasteiger partial charge in [0.05, 0.1) is 5.02 Å². The number of amides is 1. The summed E-state index contributed by atoms with van der Waals surface area (Å²) in [5.74, 6) is -0.313. The molecule has 6 nitrogen and oxygen atoms in total. The summed E-state index contributed by atoms with van der Waals surface area (Å²) in [6.07, 6.45) is 4.94. The van der Waals surface area contributed by atoms with Crippen LogP contribution in [0, 0.1) is 0 Å². The number of sulfonamides is 1. The fraction of sp³-hybridized carbons (Fsp3) is 0.533. The first-order valence-electron chi connectivity index (χ1n) is 7.83. The van der Waals surface area contributed by atoms with Gasteiger partial charge >= 0.3 is 0 Å². The molecular formula is C15H20ClN3O3S. The summed E-state index contributed by atoms with van der Waals surface area (Å²) in [5.41, 5.74) is 3.11. The molecule has 0 spiro atoms. The maximum Gasteiger partial charge on any atom is 0.265 e. The average molecular weight is 358 g/mol. The molecule has 0 aromatic heterocycles. The van der Waals surface area contributed by atoms with Gasteiger partial charge in [-0.3, -0.25) is 10.2 Å². The Hall–Kier alpha value is -1.15. The van der Waals surface area contributed by atoms with Crippen LogP contribution in [0.3, 0.4) is 0 Å². The highest BCUT2D eigenvalue weighted by Crippen LogP contribution is 2.26. The Morgan fingerprint density at radius 2 is 1.87 bits per heavy atom. The van der Waals surface area contributed by atoms with Crippen LogP contribution in [0.25, 0.3) is 0 Å². The van der Waals surface area contributed by atoms with Crippen molar-refractivity contribution in [2.24, 2.45) is 0 Å². The molecule has 8 heteroatoms. The Kier molecular flexibility index (Phi) is 4.91. The van der Waals surface area contributed by atoms with E-state index in [-0.39, 0.29) is 27.4 Å². The van der Waals surface area contributed by atoms with Gasteiger partial charge in [0.25, 0.3) is 5.91 Å². The van der Waals surface area contributed by atoms with Crippen molar-refractivity contribution in [1.29, 1.82) is 0 Å². The van der Waals surface area contributed by atoms with Crippen molar-refractivity contribution >= 4 is 27.5 Å². The molecule has 1 saturated carbocycles. The van der Waals surface area contributed by atoms with Crippen molar-refractivity contribution in [2.45, 2.75) is 43.0 Å². The summed E-state index contributed by atoms with van der Waals surface area (Å²) in [6.45, 7) is 1.63. The molecule has 0 atom stereocenters. The summed E-state index contributed by atoms with van der Waals surface area (Å²) in [4.78, 5) is 12.3. The van der Waals surface area contributed by atoms with Gasteiger partial charge in [-0.2, -0.15) is 0 Å². The van der Waals surface area contributed by atoms with Gasteiger partial charge in [0.2, 0.25) is 10.0 Å². The third-order valence-corrected chi connectivity index (χ3v) is 6.00. The van der Waals surface area contributed by atoms with E-state index >= 15 is 0 Å². The number of hydrogen-bond acceptors (Lipinski definition) is 4. The molecule has 1 heterocycles. The summed E-state index contributed by atoms with van der Waals surface area (Å²) in [7, 11) is -3.69. The second-order valence-electron chi connectivity index (χ2n) is 6.03. The summed E-state index contributed by atoms with van der Waals surface area (Å²) >= 11 is 6.02. The van der Waals surface area contributed by atoms with Crippen LogP contribution in [0.1, 0.15) is 42.5 Å². The Balaban J connectivity index is 1.77. The van der Waals surface area contributed by atoms with Crippen LogP contribution >= 0.6 is 11.6 Å². The zero-order valence-corrected chi connectivity index (χ0v) is 14.3. The van der Waals surface area contributed by atoms with Crippen molar-refractivity contribution in [1.82, 2.24) is 15.2 Å². The Morgan fingerprint density at radius 1 is 1.17 bits per heavy atom. The van der Waals surface area contributed by atoms with Gasteiger partial charge in [0.15, 0.2) is 0 Å². The minimum Gasteiger partial charge on any atom is -0.285 e. The smallest absolute Gasteiger partial charge is 0.265 e. The number of halogens is 1. The molecule has 2 aliphatic rings. The molecule has 1 aliphatic carbocycles. The predicted octanol–water partition coefficient (Wildman–Crippen LogP) is 1.91. The summed E-state index contributed by atoms with van der Waals surface area (Å²) in [6, 6.07) is 4.32. The minimum atomic E-state index is -3.69. The number of carbonyl (C=O) groups is 1. The maximum atomic E-state index is 12.3. The predicted molar refractivity (Wildman–Crippen MR) is 87.7 cm³/mol. The number of nitrogens with one attached hydrogen (secondary N) is 2. The highest BCUT2D eigenvalue weighted by atomic mass is 35.5. The number of nitrogens with zero attached hydrogens (tertiary/aromatic N) is 1. The normalized spacial score (nSPS) is 19.5. The third kappa shape index (κ3) is 4.23. The summed E-state index contributed by atoms with van der Waals surface area (Å²) in [5, 5.41) is 1.99. The largest absolute Gasteiger partial charge is 0.285 e. The lowest BCUT2D eigenvalue weighted by Gasteiger charge is -2.26. The molecule has 1 aromatic carbocycles. The van der Waals surface area contributed by atoms with Crippen LogP contribution in [0.2, 0.25) is 5.02 Å². The SMILES string of the molecule is O=C(NN1CCCCC1)c1ccc(Cl)c(S(=O)(=O)NC2CC2)c1. The Bertz CT molecular complexity index is 698. The zero-order chi connectivity index (χ0) is 16.4. The van der Waals surface area contributed by atoms with E-state index in [1.54, 1.807) is 0 Å². The molecule has 2 fully saturated rings. The number of rotatable bonds is 5. The van der Waals surface area contributed by atoms with Gasteiger partial charge in [-0.05, 0) is 43.9 Å². The molecule has 126 valence electrons. The van der Waals surface area contributed by atoms with Crippen molar-refractivity contribution in [2.75, 3.05) is 13.1 Å². The third-order valence-electron chi connectivity index (χ3n) is 4.00. The molecule has 1 aliphatic heterocycles. The van der Waals surface area contributed by atoms with Crippen LogP contribution in [0.4, 0.5) is 0 Å². The first-order chi connectivity index (χ1) is 11.0. The topological polar surface area (TPSA) is 78.5 Å². The molecule has 2 N–H and O–H groups in total. The van der Waals surface area contributed by atoms with E-state index < -0.39 is 10.0 Å². The van der Waals surface area contributed by atoms with E-state index in [0.29, 0.717) is 0 Å². The van der Waals surface area contributed by atoms with E-state index in [2.05, 4.69) is 10.1 Å². The molecule has 3 rings (SSSR count). The number of carbonyl (C=O) groups excluding carboxylic acids is 1. The standard InChI is InChI=1S/C15H20ClN3O3S/c16-13-7-4-11(15(20)17-19-8-2-1-3-9-19)10-14(13)23(21,22)18-12-5-6-12/h4,7,10,12,18H,1-3,5-6,8-9H2,(H,17,20). The van der Waals surface area contributed by atoms with Crippen molar-refractivity contribution in [3.8, 4) is 0 Å². The van der Waals surface area contributed by atoms with Gasteiger partial charge in [-0.15, -0.1) is 0 Å². The monoisotopic (exact) mass is 357 g/mol. The molecular weight excluding hydrogens is 338 g/mol. The second-order valence-corrected chi connectivity index (χ2v) is 8.12. The van der Waals surface area contributed by atoms with Crippen LogP contribution in [-0.4, -0.2) is 38.5 Å². The maximum absolute atomic E-state index is 12.3. The number of benzene rings is 1. The van der Waals surface area contributed by atoms with Crippen LogP contribution in [0.5, 0.6) is 0 Å². The quantitative estimate of drug-likeness (QED) is 0.843. The van der Waals surface area contributed by atoms with E-state index in [4.69, 9.17) is 11.6 Å². The Morgan fingerprint density at radius 3 is 2.52 bits per heavy atom. The van der Waals surface area contributed by atoms with Gasteiger partial charge in [0, 0.05) is 24.7 Å². The fourth-order valence-corrected chi connectivity index (χ4v) is 4.38. The van der Waals surface area contributed by atoms with Gasteiger partial charge in [-0.1, -0.05) is 18.0 Å². The lowest BCUT2D eigenvalue weighted by Crippen LogP contribution is -2.45. The van der Waals surface area contributed by atoms with E-state index in [1.807, 2.05) is 5.01 Å². The fourth-order valence-electron chi connectivity index (χ4n) is 2.55. The first-order valence-corrected chi connectivity index (χ1v) is 9.70. The molecule has 0 unspecified atom stereocenters. The van der Waals surface area contributed by atoms with Crippen LogP contribution < -0.4 is 10.1 Å². The van der Waals surface area contributed by atoms with Crippen LogP contribution in [-0.2, 0) is 10.0 Å². The lowest BCUT2D eigenvalue weighted by molar-refractivity contribution is 0.0750. The van der Waals surface area contributed by atoms with E-state index in [9.17, 15) is 13.2 Å². The van der Waals surface area contributed by atoms with E-state index in [0.717, 1.165) is 38.8 Å². The minimum absolute atomic E-state index is 0.0121. The summed E-state index contributed by atoms with van der Waals surface area (Å²) < 4.78 is 27.2. The van der Waals surface area contributed by atoms with E-state index in [1.165, 1.54) is 24.6 Å². The average Bonchev–Trinajstić information content (AvgIpc) is 3.31. The van der Waals surface area contributed by atoms with Gasteiger partial charge in [-0.25, -0.2) is 18.1 Å². The molecule has 0 bridgehead atoms. The Labute approximate surface area is 141 Å². The van der Waals surface area contributed by atoms with Gasteiger partial charge < -0.3 is 0 Å². The number of hydrogen-bond donors (Lipinski definition) is 2. The second kappa shape index (κ2) is 6.76. The molecule has 23 heavy (non-hydrogen) atoms. The van der Waals surface area contributed by atoms with Gasteiger partial charge in [0.1, 0.15) is 4.90 Å². The highest BCUT2D eigenvalue weighted by Gasteiger charge is 2.29. The molecule has 1 aromatic rings. The molecule has 1 amide bonds. The zero-order valence-electron chi connectivity index (χ0n) is 12.7. The number of hydrazine groups is 1. The first kappa shape index (κ1) is 16.7. The van der Waals surface area contributed by atoms with Crippen LogP contribution in [0.15, 0.2) is 23.1 Å². The van der Waals surface area contributed by atoms with Crippen molar-refractivity contribution < 1.29 is 13.2 Å². The van der Waals surface area contributed by atoms with Crippen molar-refractivity contribution in [3.63, 3.8) is 0 Å². The number of piperidine rings is 1.